The quantitative estimate of drug-likeness (QED) is 0.438. The average Bonchev–Trinajstić information content (AvgIpc) is 2.71. The van der Waals surface area contributed by atoms with E-state index in [1.165, 1.54) is 32.4 Å². The fourth-order valence-electron chi connectivity index (χ4n) is 2.34. The van der Waals surface area contributed by atoms with Crippen LogP contribution in [0.1, 0.15) is 33.6 Å². The Labute approximate surface area is 172 Å². The van der Waals surface area contributed by atoms with E-state index in [1.807, 2.05) is 0 Å². The third kappa shape index (κ3) is 5.71. The number of ketones is 2. The highest BCUT2D eigenvalue weighted by atomic mass is 35.5. The topological polar surface area (TPSA) is 78.9 Å². The molecule has 0 aliphatic rings. The fraction of sp³-hybridized carbons (Fsp3) is 0.250. The van der Waals surface area contributed by atoms with Crippen LogP contribution in [-0.4, -0.2) is 38.4 Å². The highest BCUT2D eigenvalue weighted by Crippen LogP contribution is 2.28. The molecule has 0 aliphatic carbocycles. The summed E-state index contributed by atoms with van der Waals surface area (Å²) in [5.74, 6) is -0.406. The highest BCUT2D eigenvalue weighted by Gasteiger charge is 2.15. The van der Waals surface area contributed by atoms with Gasteiger partial charge in [-0.2, -0.15) is 0 Å². The summed E-state index contributed by atoms with van der Waals surface area (Å²) >= 11 is 11.7. The molecule has 0 radical (unpaired) electrons. The predicted molar refractivity (Wildman–Crippen MR) is 105 cm³/mol. The normalized spacial score (nSPS) is 10.3. The molecule has 2 aromatic rings. The van der Waals surface area contributed by atoms with E-state index >= 15 is 0 Å². The number of rotatable bonds is 9. The summed E-state index contributed by atoms with van der Waals surface area (Å²) in [5.41, 5.74) is 0.668. The van der Waals surface area contributed by atoms with Crippen LogP contribution in [0.5, 0.6) is 11.5 Å². The van der Waals surface area contributed by atoms with Crippen molar-refractivity contribution in [3.63, 3.8) is 0 Å². The van der Waals surface area contributed by atoms with E-state index < -0.39 is 18.4 Å². The lowest BCUT2D eigenvalue weighted by Crippen LogP contribution is -2.15. The lowest BCUT2D eigenvalue weighted by molar-refractivity contribution is -0.142. The number of hydrogen-bond acceptors (Lipinski definition) is 6. The van der Waals surface area contributed by atoms with E-state index in [-0.39, 0.29) is 29.2 Å². The molecule has 8 heteroatoms. The Kier molecular flexibility index (Phi) is 7.84. The SMILES string of the molecule is COc1ccc(C(=O)CCC(=O)OCC(=O)c2ccc(Cl)c(Cl)c2)cc1OC. The number of carbonyl (C=O) groups is 3. The number of halogens is 2. The lowest BCUT2D eigenvalue weighted by Gasteiger charge is -2.09. The second-order valence-corrected chi connectivity index (χ2v) is 6.52. The Bertz CT molecular complexity index is 894. The number of hydrogen-bond donors (Lipinski definition) is 0. The van der Waals surface area contributed by atoms with Gasteiger partial charge < -0.3 is 14.2 Å². The van der Waals surface area contributed by atoms with Gasteiger partial charge in [0.1, 0.15) is 0 Å². The van der Waals surface area contributed by atoms with E-state index in [0.29, 0.717) is 22.1 Å². The molecule has 0 aliphatic heterocycles. The summed E-state index contributed by atoms with van der Waals surface area (Å²) in [5, 5.41) is 0.559. The van der Waals surface area contributed by atoms with Crippen LogP contribution in [-0.2, 0) is 9.53 Å². The molecule has 0 fully saturated rings. The van der Waals surface area contributed by atoms with E-state index in [9.17, 15) is 14.4 Å². The third-order valence-electron chi connectivity index (χ3n) is 3.87. The number of benzene rings is 2. The molecule has 0 unspecified atom stereocenters. The van der Waals surface area contributed by atoms with Crippen LogP contribution in [0.2, 0.25) is 10.0 Å². The number of methoxy groups -OCH3 is 2. The maximum absolute atomic E-state index is 12.2. The molecular weight excluding hydrogens is 407 g/mol. The molecular formula is C20H18Cl2O6. The first kappa shape index (κ1) is 21.7. The van der Waals surface area contributed by atoms with Crippen LogP contribution in [0.25, 0.3) is 0 Å². The van der Waals surface area contributed by atoms with Gasteiger partial charge in [0.25, 0.3) is 0 Å². The molecule has 2 aromatic carbocycles. The van der Waals surface area contributed by atoms with Crippen molar-refractivity contribution < 1.29 is 28.6 Å². The smallest absolute Gasteiger partial charge is 0.306 e. The summed E-state index contributed by atoms with van der Waals surface area (Å²) < 4.78 is 15.2. The zero-order valence-electron chi connectivity index (χ0n) is 15.3. The number of Topliss-reactive ketones (excluding diaryl/α,β-unsaturated/α-hetero) is 2. The largest absolute Gasteiger partial charge is 0.493 e. The molecule has 6 nitrogen and oxygen atoms in total. The van der Waals surface area contributed by atoms with Gasteiger partial charge in [0.2, 0.25) is 0 Å². The van der Waals surface area contributed by atoms with Crippen LogP contribution in [0.4, 0.5) is 0 Å². The Balaban J connectivity index is 1.85. The van der Waals surface area contributed by atoms with Crippen molar-refractivity contribution >= 4 is 40.7 Å². The van der Waals surface area contributed by atoms with Gasteiger partial charge in [-0.1, -0.05) is 23.2 Å². The summed E-state index contributed by atoms with van der Waals surface area (Å²) in [6, 6.07) is 9.12. The van der Waals surface area contributed by atoms with E-state index in [4.69, 9.17) is 37.4 Å². The first-order valence-corrected chi connectivity index (χ1v) is 9.00. The monoisotopic (exact) mass is 424 g/mol. The number of ether oxygens (including phenoxy) is 3. The first-order chi connectivity index (χ1) is 13.3. The van der Waals surface area contributed by atoms with Crippen LogP contribution in [0.15, 0.2) is 36.4 Å². The van der Waals surface area contributed by atoms with Crippen LogP contribution < -0.4 is 9.47 Å². The standard InChI is InChI=1S/C20H18Cl2O6/c1-26-18-7-4-13(10-19(18)27-2)16(23)6-8-20(25)28-11-17(24)12-3-5-14(21)15(22)9-12/h3-5,7,9-10H,6,8,11H2,1-2H3. The van der Waals surface area contributed by atoms with Gasteiger partial charge in [-0.05, 0) is 36.4 Å². The molecule has 0 saturated carbocycles. The maximum atomic E-state index is 12.2. The number of carbonyl (C=O) groups excluding carboxylic acids is 3. The minimum absolute atomic E-state index is 0.0602. The molecule has 0 saturated heterocycles. The van der Waals surface area contributed by atoms with Gasteiger partial charge in [-0.15, -0.1) is 0 Å². The van der Waals surface area contributed by atoms with Crippen LogP contribution >= 0.6 is 23.2 Å². The van der Waals surface area contributed by atoms with Crippen molar-refractivity contribution in [2.45, 2.75) is 12.8 Å². The Morgan fingerprint density at radius 3 is 2.07 bits per heavy atom. The molecule has 0 bridgehead atoms. The Morgan fingerprint density at radius 1 is 0.786 bits per heavy atom. The van der Waals surface area contributed by atoms with Gasteiger partial charge in [-0.25, -0.2) is 0 Å². The van der Waals surface area contributed by atoms with Crippen molar-refractivity contribution in [1.29, 1.82) is 0 Å². The molecule has 0 heterocycles. The average molecular weight is 425 g/mol. The highest BCUT2D eigenvalue weighted by molar-refractivity contribution is 6.42. The van der Waals surface area contributed by atoms with E-state index in [2.05, 4.69) is 0 Å². The summed E-state index contributed by atoms with van der Waals surface area (Å²) in [7, 11) is 2.96. The van der Waals surface area contributed by atoms with Gasteiger partial charge in [-0.3, -0.25) is 14.4 Å². The second kappa shape index (κ2) is 10.1. The van der Waals surface area contributed by atoms with E-state index in [1.54, 1.807) is 18.2 Å². The van der Waals surface area contributed by atoms with Gasteiger partial charge in [0, 0.05) is 17.5 Å². The van der Waals surface area contributed by atoms with Crippen molar-refractivity contribution in [2.24, 2.45) is 0 Å². The van der Waals surface area contributed by atoms with Crippen LogP contribution in [0.3, 0.4) is 0 Å². The summed E-state index contributed by atoms with van der Waals surface area (Å²) in [6.07, 6.45) is -0.211. The van der Waals surface area contributed by atoms with Crippen molar-refractivity contribution in [2.75, 3.05) is 20.8 Å². The minimum Gasteiger partial charge on any atom is -0.493 e. The molecule has 0 N–H and O–H groups in total. The second-order valence-electron chi connectivity index (χ2n) is 5.71. The Hall–Kier alpha value is -2.57. The lowest BCUT2D eigenvalue weighted by atomic mass is 10.1. The molecule has 0 amide bonds. The molecule has 0 spiro atoms. The minimum atomic E-state index is -0.651. The third-order valence-corrected chi connectivity index (χ3v) is 4.61. The van der Waals surface area contributed by atoms with Gasteiger partial charge in [0.05, 0.1) is 30.7 Å². The van der Waals surface area contributed by atoms with Crippen molar-refractivity contribution in [3.05, 3.63) is 57.6 Å². The van der Waals surface area contributed by atoms with E-state index in [0.717, 1.165) is 0 Å². The zero-order chi connectivity index (χ0) is 20.7. The Morgan fingerprint density at radius 2 is 1.43 bits per heavy atom. The number of esters is 1. The molecule has 2 rings (SSSR count). The van der Waals surface area contributed by atoms with Crippen molar-refractivity contribution in [1.82, 2.24) is 0 Å². The molecule has 148 valence electrons. The first-order valence-electron chi connectivity index (χ1n) is 8.24. The van der Waals surface area contributed by atoms with Gasteiger partial charge in [0.15, 0.2) is 29.7 Å². The maximum Gasteiger partial charge on any atom is 0.306 e. The van der Waals surface area contributed by atoms with Crippen molar-refractivity contribution in [3.8, 4) is 11.5 Å². The zero-order valence-corrected chi connectivity index (χ0v) is 16.8. The fourth-order valence-corrected chi connectivity index (χ4v) is 2.64. The van der Waals surface area contributed by atoms with Crippen LogP contribution in [0, 0.1) is 0 Å². The summed E-state index contributed by atoms with van der Waals surface area (Å²) in [6.45, 7) is -0.443. The predicted octanol–water partition coefficient (Wildman–Crippen LogP) is 4.40. The van der Waals surface area contributed by atoms with Gasteiger partial charge >= 0.3 is 5.97 Å². The molecule has 0 aromatic heterocycles. The molecule has 0 atom stereocenters. The summed E-state index contributed by atoms with van der Waals surface area (Å²) in [4.78, 5) is 36.1. The molecule has 28 heavy (non-hydrogen) atoms.